The lowest BCUT2D eigenvalue weighted by molar-refractivity contribution is 0.0673. The average molecular weight is 291 g/mol. The van der Waals surface area contributed by atoms with Gasteiger partial charge in [-0.05, 0) is 26.0 Å². The molecule has 1 aliphatic heterocycles. The minimum absolute atomic E-state index is 0. The van der Waals surface area contributed by atoms with E-state index in [1.807, 2.05) is 13.8 Å². The summed E-state index contributed by atoms with van der Waals surface area (Å²) in [6, 6.07) is 3.26. The molecule has 0 aromatic heterocycles. The fourth-order valence-corrected chi connectivity index (χ4v) is 2.35. The van der Waals surface area contributed by atoms with Crippen LogP contribution in [0, 0.1) is 11.6 Å². The molecule has 1 aromatic carbocycles. The van der Waals surface area contributed by atoms with Crippen molar-refractivity contribution in [3.05, 3.63) is 35.4 Å². The van der Waals surface area contributed by atoms with Crippen LogP contribution in [0.2, 0.25) is 0 Å². The number of rotatable bonds is 1. The minimum Gasteiger partial charge on any atom is -0.336 e. The molecule has 19 heavy (non-hydrogen) atoms. The van der Waals surface area contributed by atoms with Gasteiger partial charge in [-0.3, -0.25) is 4.79 Å². The van der Waals surface area contributed by atoms with Crippen LogP contribution in [-0.2, 0) is 0 Å². The Morgan fingerprint density at radius 2 is 1.63 bits per heavy atom. The van der Waals surface area contributed by atoms with E-state index in [9.17, 15) is 13.6 Å². The lowest BCUT2D eigenvalue weighted by Crippen LogP contribution is -2.55. The number of piperazine rings is 1. The second kappa shape index (κ2) is 6.30. The molecule has 1 saturated heterocycles. The zero-order chi connectivity index (χ0) is 13.3. The molecule has 106 valence electrons. The maximum atomic E-state index is 13.1. The van der Waals surface area contributed by atoms with Gasteiger partial charge in [0.15, 0.2) is 0 Å². The second-order valence-electron chi connectivity index (χ2n) is 4.84. The van der Waals surface area contributed by atoms with E-state index in [1.165, 1.54) is 0 Å². The Balaban J connectivity index is 0.00000180. The van der Waals surface area contributed by atoms with Gasteiger partial charge < -0.3 is 10.2 Å². The molecule has 1 aromatic rings. The molecule has 0 radical (unpaired) electrons. The number of halogens is 3. The summed E-state index contributed by atoms with van der Waals surface area (Å²) in [7, 11) is 0. The summed E-state index contributed by atoms with van der Waals surface area (Å²) < 4.78 is 26.2. The fraction of sp³-hybridized carbons (Fsp3) is 0.462. The summed E-state index contributed by atoms with van der Waals surface area (Å²) in [5.41, 5.74) is 0.0637. The molecule has 1 fully saturated rings. The SMILES string of the molecule is CC1CN(C(=O)c2cc(F)cc(F)c2)CC(C)N1.Cl. The summed E-state index contributed by atoms with van der Waals surface area (Å²) in [5.74, 6) is -1.78. The van der Waals surface area contributed by atoms with Crippen molar-refractivity contribution in [1.82, 2.24) is 10.2 Å². The number of nitrogens with zero attached hydrogens (tertiary/aromatic N) is 1. The molecule has 6 heteroatoms. The summed E-state index contributed by atoms with van der Waals surface area (Å²) in [6.45, 7) is 5.03. The largest absolute Gasteiger partial charge is 0.336 e. The predicted octanol–water partition coefficient (Wildman–Crippen LogP) is 2.21. The Morgan fingerprint density at radius 1 is 1.16 bits per heavy atom. The monoisotopic (exact) mass is 290 g/mol. The third-order valence-corrected chi connectivity index (χ3v) is 2.95. The van der Waals surface area contributed by atoms with Gasteiger partial charge in [-0.1, -0.05) is 0 Å². The first-order valence-electron chi connectivity index (χ1n) is 5.97. The first-order chi connectivity index (χ1) is 8.45. The second-order valence-corrected chi connectivity index (χ2v) is 4.84. The highest BCUT2D eigenvalue weighted by Crippen LogP contribution is 2.13. The Morgan fingerprint density at radius 3 is 2.11 bits per heavy atom. The molecule has 3 nitrogen and oxygen atoms in total. The Labute approximate surface area is 117 Å². The number of nitrogens with one attached hydrogen (secondary N) is 1. The van der Waals surface area contributed by atoms with E-state index in [0.29, 0.717) is 13.1 Å². The molecule has 2 unspecified atom stereocenters. The number of benzene rings is 1. The van der Waals surface area contributed by atoms with Crippen molar-refractivity contribution in [3.63, 3.8) is 0 Å². The van der Waals surface area contributed by atoms with Crippen LogP contribution < -0.4 is 5.32 Å². The Bertz CT molecular complexity index is 440. The first kappa shape index (κ1) is 15.9. The van der Waals surface area contributed by atoms with Gasteiger partial charge >= 0.3 is 0 Å². The molecule has 1 N–H and O–H groups in total. The highest BCUT2D eigenvalue weighted by Gasteiger charge is 2.25. The molecular formula is C13H17ClF2N2O. The van der Waals surface area contributed by atoms with Gasteiger partial charge in [0.25, 0.3) is 5.91 Å². The van der Waals surface area contributed by atoms with Gasteiger partial charge in [-0.25, -0.2) is 8.78 Å². The third kappa shape index (κ3) is 3.88. The van der Waals surface area contributed by atoms with Crippen molar-refractivity contribution < 1.29 is 13.6 Å². The van der Waals surface area contributed by atoms with E-state index in [0.717, 1.165) is 18.2 Å². The van der Waals surface area contributed by atoms with Crippen LogP contribution >= 0.6 is 12.4 Å². The molecular weight excluding hydrogens is 274 g/mol. The topological polar surface area (TPSA) is 32.3 Å². The van der Waals surface area contributed by atoms with Gasteiger partial charge in [0.2, 0.25) is 0 Å². The predicted molar refractivity (Wildman–Crippen MR) is 71.6 cm³/mol. The van der Waals surface area contributed by atoms with Gasteiger partial charge in [-0.15, -0.1) is 12.4 Å². The fourth-order valence-electron chi connectivity index (χ4n) is 2.35. The van der Waals surface area contributed by atoms with Gasteiger partial charge in [0.05, 0.1) is 0 Å². The lowest BCUT2D eigenvalue weighted by Gasteiger charge is -2.36. The van der Waals surface area contributed by atoms with Crippen LogP contribution in [0.4, 0.5) is 8.78 Å². The van der Waals surface area contributed by atoms with Crippen LogP contribution in [0.15, 0.2) is 18.2 Å². The number of hydrogen-bond acceptors (Lipinski definition) is 2. The summed E-state index contributed by atoms with van der Waals surface area (Å²) in [5, 5.41) is 3.30. The quantitative estimate of drug-likeness (QED) is 0.860. The van der Waals surface area contributed by atoms with Crippen LogP contribution in [0.1, 0.15) is 24.2 Å². The summed E-state index contributed by atoms with van der Waals surface area (Å²) in [6.07, 6.45) is 0. The minimum atomic E-state index is -0.727. The van der Waals surface area contributed by atoms with Crippen LogP contribution in [0.25, 0.3) is 0 Å². The standard InChI is InChI=1S/C13H16F2N2O.ClH/c1-8-6-17(7-9(2)16-8)13(18)10-3-11(14)5-12(15)4-10;/h3-5,8-9,16H,6-7H2,1-2H3;1H. The summed E-state index contributed by atoms with van der Waals surface area (Å²) >= 11 is 0. The van der Waals surface area contributed by atoms with Crippen molar-refractivity contribution in [3.8, 4) is 0 Å². The molecule has 2 rings (SSSR count). The van der Waals surface area contributed by atoms with E-state index in [2.05, 4.69) is 5.32 Å². The van der Waals surface area contributed by atoms with Crippen LogP contribution in [0.5, 0.6) is 0 Å². The van der Waals surface area contributed by atoms with E-state index < -0.39 is 11.6 Å². The lowest BCUT2D eigenvalue weighted by atomic mass is 10.1. The van der Waals surface area contributed by atoms with E-state index in [-0.39, 0.29) is 36.0 Å². The van der Waals surface area contributed by atoms with Crippen molar-refractivity contribution >= 4 is 18.3 Å². The summed E-state index contributed by atoms with van der Waals surface area (Å²) in [4.78, 5) is 13.8. The van der Waals surface area contributed by atoms with Gasteiger partial charge in [0, 0.05) is 36.8 Å². The van der Waals surface area contributed by atoms with Crippen molar-refractivity contribution in [2.45, 2.75) is 25.9 Å². The molecule has 0 aliphatic carbocycles. The molecule has 1 amide bonds. The van der Waals surface area contributed by atoms with Crippen molar-refractivity contribution in [1.29, 1.82) is 0 Å². The number of amides is 1. The van der Waals surface area contributed by atoms with E-state index >= 15 is 0 Å². The zero-order valence-electron chi connectivity index (χ0n) is 10.8. The van der Waals surface area contributed by atoms with Crippen LogP contribution in [0.3, 0.4) is 0 Å². The number of carbonyl (C=O) groups excluding carboxylic acids is 1. The maximum absolute atomic E-state index is 13.1. The molecule has 0 saturated carbocycles. The van der Waals surface area contributed by atoms with Crippen LogP contribution in [-0.4, -0.2) is 36.0 Å². The average Bonchev–Trinajstić information content (AvgIpc) is 2.25. The molecule has 0 bridgehead atoms. The highest BCUT2D eigenvalue weighted by molar-refractivity contribution is 5.94. The normalized spacial score (nSPS) is 22.8. The van der Waals surface area contributed by atoms with E-state index in [1.54, 1.807) is 4.90 Å². The smallest absolute Gasteiger partial charge is 0.254 e. The molecule has 1 heterocycles. The molecule has 2 atom stereocenters. The van der Waals surface area contributed by atoms with Crippen molar-refractivity contribution in [2.75, 3.05) is 13.1 Å². The zero-order valence-corrected chi connectivity index (χ0v) is 11.6. The Hall–Kier alpha value is -1.20. The van der Waals surface area contributed by atoms with Crippen molar-refractivity contribution in [2.24, 2.45) is 0 Å². The molecule has 0 spiro atoms. The van der Waals surface area contributed by atoms with Gasteiger partial charge in [0.1, 0.15) is 11.6 Å². The first-order valence-corrected chi connectivity index (χ1v) is 5.97. The maximum Gasteiger partial charge on any atom is 0.254 e. The molecule has 1 aliphatic rings. The highest BCUT2D eigenvalue weighted by atomic mass is 35.5. The number of carbonyl (C=O) groups is 1. The van der Waals surface area contributed by atoms with E-state index in [4.69, 9.17) is 0 Å². The third-order valence-electron chi connectivity index (χ3n) is 2.95. The van der Waals surface area contributed by atoms with Gasteiger partial charge in [-0.2, -0.15) is 0 Å². The number of hydrogen-bond donors (Lipinski definition) is 1. The Kier molecular flexibility index (Phi) is 5.26.